The number of hydrogen-bond acceptors (Lipinski definition) is 3. The van der Waals surface area contributed by atoms with Gasteiger partial charge < -0.3 is 19.2 Å². The molecule has 0 saturated heterocycles. The second-order valence-electron chi connectivity index (χ2n) is 6.92. The highest BCUT2D eigenvalue weighted by Crippen LogP contribution is 2.34. The van der Waals surface area contributed by atoms with Crippen molar-refractivity contribution in [2.45, 2.75) is 20.0 Å². The van der Waals surface area contributed by atoms with Crippen molar-refractivity contribution in [3.8, 4) is 16.9 Å². The molecule has 0 aliphatic heterocycles. The fraction of sp³-hybridized carbons (Fsp3) is 0.174. The van der Waals surface area contributed by atoms with Gasteiger partial charge in [0.05, 0.1) is 12.2 Å². The molecule has 4 rings (SSSR count). The number of carbonyl (C=O) groups is 1. The van der Waals surface area contributed by atoms with Gasteiger partial charge in [0, 0.05) is 17.3 Å². The Morgan fingerprint density at radius 1 is 1.18 bits per heavy atom. The molecule has 2 N–H and O–H groups in total. The molecular weight excluding hydrogens is 354 g/mol. The number of rotatable bonds is 7. The van der Waals surface area contributed by atoms with Crippen LogP contribution in [-0.4, -0.2) is 16.1 Å². The van der Waals surface area contributed by atoms with Crippen molar-refractivity contribution in [3.63, 3.8) is 0 Å². The molecule has 2 aromatic carbocycles. The lowest BCUT2D eigenvalue weighted by Crippen LogP contribution is -2.12. The maximum Gasteiger partial charge on any atom is 0.306 e. The van der Waals surface area contributed by atoms with Crippen LogP contribution in [0.3, 0.4) is 0 Å². The molecule has 28 heavy (non-hydrogen) atoms. The highest BCUT2D eigenvalue weighted by atomic mass is 16.5. The Hall–Kier alpha value is -3.47. The number of furan rings is 1. The van der Waals surface area contributed by atoms with Crippen LogP contribution in [0.15, 0.2) is 71.5 Å². The van der Waals surface area contributed by atoms with E-state index in [1.807, 2.05) is 54.7 Å². The van der Waals surface area contributed by atoms with Gasteiger partial charge in [0.15, 0.2) is 0 Å². The monoisotopic (exact) mass is 375 g/mol. The molecule has 0 spiro atoms. The predicted molar refractivity (Wildman–Crippen MR) is 107 cm³/mol. The van der Waals surface area contributed by atoms with Gasteiger partial charge in [-0.1, -0.05) is 19.1 Å². The van der Waals surface area contributed by atoms with Crippen molar-refractivity contribution in [2.24, 2.45) is 5.92 Å². The Bertz CT molecular complexity index is 1090. The SMILES string of the molecule is CC(Cc1ccc(OCc2ccco2)c(-c2ccc3[nH]ccc3c2)c1)C(=O)O. The number of benzene rings is 2. The van der Waals surface area contributed by atoms with Gasteiger partial charge >= 0.3 is 5.97 Å². The van der Waals surface area contributed by atoms with Crippen LogP contribution in [0.5, 0.6) is 5.75 Å². The minimum absolute atomic E-state index is 0.331. The van der Waals surface area contributed by atoms with Crippen molar-refractivity contribution in [2.75, 3.05) is 0 Å². The van der Waals surface area contributed by atoms with E-state index >= 15 is 0 Å². The number of aliphatic carboxylic acids is 1. The van der Waals surface area contributed by atoms with Gasteiger partial charge in [0.2, 0.25) is 0 Å². The minimum atomic E-state index is -0.798. The summed E-state index contributed by atoms with van der Waals surface area (Å²) in [6.45, 7) is 2.05. The van der Waals surface area contributed by atoms with E-state index in [2.05, 4.69) is 11.1 Å². The van der Waals surface area contributed by atoms with Gasteiger partial charge in [-0.2, -0.15) is 0 Å². The normalized spacial score (nSPS) is 12.2. The Morgan fingerprint density at radius 2 is 2.07 bits per heavy atom. The number of aromatic amines is 1. The lowest BCUT2D eigenvalue weighted by molar-refractivity contribution is -0.141. The van der Waals surface area contributed by atoms with Gasteiger partial charge in [-0.3, -0.25) is 4.79 Å². The molecule has 0 aliphatic carbocycles. The van der Waals surface area contributed by atoms with E-state index in [1.165, 1.54) is 0 Å². The number of carboxylic acid groups (broad SMARTS) is 1. The highest BCUT2D eigenvalue weighted by molar-refractivity contribution is 5.86. The third-order valence-electron chi connectivity index (χ3n) is 4.82. The lowest BCUT2D eigenvalue weighted by Gasteiger charge is -2.14. The van der Waals surface area contributed by atoms with Crippen LogP contribution >= 0.6 is 0 Å². The molecule has 4 aromatic rings. The molecule has 0 amide bonds. The smallest absolute Gasteiger partial charge is 0.306 e. The number of hydrogen-bond donors (Lipinski definition) is 2. The average Bonchev–Trinajstić information content (AvgIpc) is 3.37. The number of aromatic nitrogens is 1. The summed E-state index contributed by atoms with van der Waals surface area (Å²) in [6, 6.07) is 17.8. The molecule has 0 saturated carbocycles. The molecule has 5 heteroatoms. The summed E-state index contributed by atoms with van der Waals surface area (Å²) in [4.78, 5) is 14.4. The molecule has 0 aliphatic rings. The predicted octanol–water partition coefficient (Wildman–Crippen LogP) is 5.27. The zero-order valence-electron chi connectivity index (χ0n) is 15.5. The van der Waals surface area contributed by atoms with Crippen LogP contribution in [0.1, 0.15) is 18.2 Å². The topological polar surface area (TPSA) is 75.5 Å². The van der Waals surface area contributed by atoms with Crippen LogP contribution in [0.4, 0.5) is 0 Å². The molecule has 0 radical (unpaired) electrons. The summed E-state index contributed by atoms with van der Waals surface area (Å²) in [5, 5.41) is 10.3. The number of carboxylic acids is 1. The van der Waals surface area contributed by atoms with Crippen molar-refractivity contribution in [1.29, 1.82) is 0 Å². The van der Waals surface area contributed by atoms with Gasteiger partial charge in [-0.05, 0) is 65.4 Å². The van der Waals surface area contributed by atoms with Gasteiger partial charge in [-0.15, -0.1) is 0 Å². The quantitative estimate of drug-likeness (QED) is 0.461. The molecule has 0 bridgehead atoms. The zero-order valence-corrected chi connectivity index (χ0v) is 15.5. The van der Waals surface area contributed by atoms with Crippen LogP contribution < -0.4 is 4.74 Å². The van der Waals surface area contributed by atoms with Crippen LogP contribution in [0.2, 0.25) is 0 Å². The first kappa shape index (κ1) is 17.9. The maximum absolute atomic E-state index is 11.2. The fourth-order valence-corrected chi connectivity index (χ4v) is 3.26. The van der Waals surface area contributed by atoms with Crippen molar-refractivity contribution >= 4 is 16.9 Å². The number of H-pyrrole nitrogens is 1. The van der Waals surface area contributed by atoms with E-state index in [0.717, 1.165) is 39.1 Å². The van der Waals surface area contributed by atoms with E-state index in [1.54, 1.807) is 13.2 Å². The first-order valence-electron chi connectivity index (χ1n) is 9.18. The average molecular weight is 375 g/mol. The van der Waals surface area contributed by atoms with Crippen LogP contribution in [0.25, 0.3) is 22.0 Å². The van der Waals surface area contributed by atoms with Crippen LogP contribution in [-0.2, 0) is 17.8 Å². The summed E-state index contributed by atoms with van der Waals surface area (Å²) >= 11 is 0. The standard InChI is InChI=1S/C23H21NO4/c1-15(23(25)26)11-16-4-7-22(28-14-19-3-2-10-27-19)20(12-16)17-5-6-21-18(13-17)8-9-24-21/h2-10,12-13,15,24H,11,14H2,1H3,(H,25,26). The molecule has 0 fully saturated rings. The maximum atomic E-state index is 11.2. The van der Waals surface area contributed by atoms with Crippen molar-refractivity contribution < 1.29 is 19.1 Å². The van der Waals surface area contributed by atoms with E-state index in [0.29, 0.717) is 13.0 Å². The lowest BCUT2D eigenvalue weighted by atomic mass is 9.96. The number of nitrogens with one attached hydrogen (secondary N) is 1. The third kappa shape index (κ3) is 3.78. The molecular formula is C23H21NO4. The summed E-state index contributed by atoms with van der Waals surface area (Å²) < 4.78 is 11.4. The second-order valence-corrected chi connectivity index (χ2v) is 6.92. The summed E-state index contributed by atoms with van der Waals surface area (Å²) in [5.41, 5.74) is 3.98. The fourth-order valence-electron chi connectivity index (χ4n) is 3.26. The number of ether oxygens (including phenoxy) is 1. The Kier molecular flexibility index (Phi) is 4.89. The van der Waals surface area contributed by atoms with E-state index in [-0.39, 0.29) is 0 Å². The first-order chi connectivity index (χ1) is 13.6. The Balaban J connectivity index is 1.70. The molecule has 2 aromatic heterocycles. The summed E-state index contributed by atoms with van der Waals surface area (Å²) in [5.74, 6) is 0.233. The summed E-state index contributed by atoms with van der Waals surface area (Å²) in [7, 11) is 0. The molecule has 5 nitrogen and oxygen atoms in total. The highest BCUT2D eigenvalue weighted by Gasteiger charge is 2.15. The number of fused-ring (bicyclic) bond motifs is 1. The van der Waals surface area contributed by atoms with Gasteiger partial charge in [-0.25, -0.2) is 0 Å². The minimum Gasteiger partial charge on any atom is -0.485 e. The second kappa shape index (κ2) is 7.64. The molecule has 1 atom stereocenters. The van der Waals surface area contributed by atoms with E-state index < -0.39 is 11.9 Å². The van der Waals surface area contributed by atoms with E-state index in [9.17, 15) is 9.90 Å². The van der Waals surface area contributed by atoms with Crippen LogP contribution in [0, 0.1) is 5.92 Å². The molecule has 2 heterocycles. The van der Waals surface area contributed by atoms with Gasteiger partial charge in [0.25, 0.3) is 0 Å². The van der Waals surface area contributed by atoms with Gasteiger partial charge in [0.1, 0.15) is 18.1 Å². The Morgan fingerprint density at radius 3 is 2.86 bits per heavy atom. The Labute approximate surface area is 162 Å². The largest absolute Gasteiger partial charge is 0.485 e. The first-order valence-corrected chi connectivity index (χ1v) is 9.18. The van der Waals surface area contributed by atoms with Crippen molar-refractivity contribution in [1.82, 2.24) is 4.98 Å². The summed E-state index contributed by atoms with van der Waals surface area (Å²) in [6.07, 6.45) is 4.00. The molecule has 142 valence electrons. The van der Waals surface area contributed by atoms with E-state index in [4.69, 9.17) is 9.15 Å². The van der Waals surface area contributed by atoms with Crippen molar-refractivity contribution in [3.05, 3.63) is 78.4 Å². The molecule has 1 unspecified atom stereocenters. The zero-order chi connectivity index (χ0) is 19.5. The third-order valence-corrected chi connectivity index (χ3v) is 4.82.